The first-order chi connectivity index (χ1) is 4.79. The first kappa shape index (κ1) is 12.0. The molecule has 11 heavy (non-hydrogen) atoms. The fourth-order valence-electron chi connectivity index (χ4n) is 0.840. The van der Waals surface area contributed by atoms with Gasteiger partial charge in [0, 0.05) is 12.4 Å². The summed E-state index contributed by atoms with van der Waals surface area (Å²) in [6, 6.07) is 0. The van der Waals surface area contributed by atoms with E-state index in [0.717, 1.165) is 0 Å². The summed E-state index contributed by atoms with van der Waals surface area (Å²) in [5.41, 5.74) is 0. The first-order valence-electron chi connectivity index (χ1n) is 3.18. The van der Waals surface area contributed by atoms with Crippen molar-refractivity contribution in [1.29, 1.82) is 0 Å². The maximum absolute atomic E-state index is 10.0. The van der Waals surface area contributed by atoms with E-state index in [4.69, 9.17) is 9.47 Å². The molecule has 1 atom stereocenters. The van der Waals surface area contributed by atoms with Gasteiger partial charge in [-0.2, -0.15) is 0 Å². The zero-order chi connectivity index (χ0) is 7.40. The molecule has 0 aromatic rings. The van der Waals surface area contributed by atoms with Gasteiger partial charge in [0.1, 0.15) is 0 Å². The van der Waals surface area contributed by atoms with Crippen LogP contribution in [0.4, 0.5) is 0 Å². The number of ether oxygens (including phenoxy) is 2. The van der Waals surface area contributed by atoms with Crippen LogP contribution in [0.3, 0.4) is 0 Å². The Hall–Kier alpha value is 1.03. The predicted octanol–water partition coefficient (Wildman–Crippen LogP) is -4.45. The van der Waals surface area contributed by atoms with Crippen molar-refractivity contribution in [1.82, 2.24) is 0 Å². The van der Waals surface area contributed by atoms with E-state index >= 15 is 0 Å². The monoisotopic (exact) mass is 184 g/mol. The van der Waals surface area contributed by atoms with Crippen LogP contribution in [-0.4, -0.2) is 31.9 Å². The van der Waals surface area contributed by atoms with E-state index in [2.05, 4.69) is 0 Å². The van der Waals surface area contributed by atoms with Crippen LogP contribution >= 0.6 is 0 Å². The Balaban J connectivity index is 0.000001000. The molecule has 1 rings (SSSR count). The van der Waals surface area contributed by atoms with Gasteiger partial charge >= 0.3 is 51.4 Å². The molecule has 1 fully saturated rings. The Morgan fingerprint density at radius 3 is 2.73 bits per heavy atom. The van der Waals surface area contributed by atoms with Gasteiger partial charge in [-0.3, -0.25) is 0 Å². The van der Waals surface area contributed by atoms with Crippen molar-refractivity contribution in [2.24, 2.45) is 0 Å². The quantitative estimate of drug-likeness (QED) is 0.406. The number of hydrogen-bond acceptors (Lipinski definition) is 4. The number of carboxylic acid groups (broad SMARTS) is 1. The standard InChI is InChI=1S/C6H10O4.K/c7-6(8)3-5-4-9-1-2-10-5;/h5H,1-4H2,(H,7,8);/q;+1/p-1. The van der Waals surface area contributed by atoms with E-state index in [1.165, 1.54) is 0 Å². The Kier molecular flexibility index (Phi) is 7.14. The van der Waals surface area contributed by atoms with Gasteiger partial charge in [0.25, 0.3) is 0 Å². The molecule has 0 spiro atoms. The van der Waals surface area contributed by atoms with Crippen LogP contribution in [0.1, 0.15) is 6.42 Å². The van der Waals surface area contributed by atoms with Gasteiger partial charge in [-0.25, -0.2) is 0 Å². The van der Waals surface area contributed by atoms with Crippen LogP contribution in [0.25, 0.3) is 0 Å². The van der Waals surface area contributed by atoms with Crippen molar-refractivity contribution in [3.8, 4) is 0 Å². The molecule has 0 aliphatic carbocycles. The molecule has 1 saturated heterocycles. The van der Waals surface area contributed by atoms with Gasteiger partial charge in [-0.1, -0.05) is 0 Å². The van der Waals surface area contributed by atoms with Gasteiger partial charge in [0.2, 0.25) is 0 Å². The summed E-state index contributed by atoms with van der Waals surface area (Å²) < 4.78 is 10.0. The molecule has 58 valence electrons. The SMILES string of the molecule is O=C([O-])CC1COCCO1.[K+]. The normalized spacial score (nSPS) is 23.8. The van der Waals surface area contributed by atoms with Crippen LogP contribution in [0, 0.1) is 0 Å². The van der Waals surface area contributed by atoms with E-state index in [0.29, 0.717) is 19.8 Å². The average Bonchev–Trinajstić information content (AvgIpc) is 1.88. The summed E-state index contributed by atoms with van der Waals surface area (Å²) in [6.07, 6.45) is -0.376. The summed E-state index contributed by atoms with van der Waals surface area (Å²) >= 11 is 0. The molecule has 0 bridgehead atoms. The van der Waals surface area contributed by atoms with Gasteiger partial charge in [0.05, 0.1) is 25.9 Å². The molecule has 1 heterocycles. The summed E-state index contributed by atoms with van der Waals surface area (Å²) in [5, 5.41) is 10.0. The topological polar surface area (TPSA) is 58.6 Å². The van der Waals surface area contributed by atoms with Crippen molar-refractivity contribution in [2.75, 3.05) is 19.8 Å². The fraction of sp³-hybridized carbons (Fsp3) is 0.833. The van der Waals surface area contributed by atoms with E-state index in [1.807, 2.05) is 0 Å². The molecule has 1 aliphatic heterocycles. The molecule has 1 aliphatic rings. The Labute approximate surface area is 108 Å². The van der Waals surface area contributed by atoms with Crippen molar-refractivity contribution in [3.05, 3.63) is 0 Å². The van der Waals surface area contributed by atoms with Crippen LogP contribution < -0.4 is 56.5 Å². The van der Waals surface area contributed by atoms with E-state index in [9.17, 15) is 9.90 Å². The number of hydrogen-bond donors (Lipinski definition) is 0. The number of rotatable bonds is 2. The first-order valence-corrected chi connectivity index (χ1v) is 3.18. The second-order valence-electron chi connectivity index (χ2n) is 2.14. The minimum absolute atomic E-state index is 0. The summed E-state index contributed by atoms with van der Waals surface area (Å²) in [5.74, 6) is -1.09. The largest absolute Gasteiger partial charge is 1.00 e. The molecule has 0 saturated carbocycles. The van der Waals surface area contributed by atoms with Crippen molar-refractivity contribution in [3.63, 3.8) is 0 Å². The summed E-state index contributed by atoms with van der Waals surface area (Å²) in [7, 11) is 0. The van der Waals surface area contributed by atoms with E-state index in [1.54, 1.807) is 0 Å². The Morgan fingerprint density at radius 1 is 1.55 bits per heavy atom. The molecule has 0 N–H and O–H groups in total. The molecular weight excluding hydrogens is 175 g/mol. The number of carbonyl (C=O) groups excluding carboxylic acids is 1. The van der Waals surface area contributed by atoms with Crippen LogP contribution in [-0.2, 0) is 14.3 Å². The minimum atomic E-state index is -1.09. The summed E-state index contributed by atoms with van der Waals surface area (Å²) in [6.45, 7) is 1.41. The Bertz CT molecular complexity index is 122. The molecule has 4 nitrogen and oxygen atoms in total. The van der Waals surface area contributed by atoms with Crippen molar-refractivity contribution in [2.45, 2.75) is 12.5 Å². The summed E-state index contributed by atoms with van der Waals surface area (Å²) in [4.78, 5) is 10.0. The molecule has 0 aromatic heterocycles. The molecule has 1 unspecified atom stereocenters. The van der Waals surface area contributed by atoms with Crippen molar-refractivity contribution < 1.29 is 70.8 Å². The second kappa shape index (κ2) is 6.53. The van der Waals surface area contributed by atoms with Gasteiger partial charge in [-0.15, -0.1) is 0 Å². The van der Waals surface area contributed by atoms with Crippen LogP contribution in [0.2, 0.25) is 0 Å². The van der Waals surface area contributed by atoms with Gasteiger partial charge in [-0.05, 0) is 0 Å². The molecule has 0 amide bonds. The van der Waals surface area contributed by atoms with Gasteiger partial charge in [0.15, 0.2) is 0 Å². The number of carboxylic acids is 1. The predicted molar refractivity (Wildman–Crippen MR) is 30.2 cm³/mol. The third-order valence-electron chi connectivity index (χ3n) is 1.28. The third-order valence-corrected chi connectivity index (χ3v) is 1.28. The zero-order valence-corrected chi connectivity index (χ0v) is 9.66. The fourth-order valence-corrected chi connectivity index (χ4v) is 0.840. The van der Waals surface area contributed by atoms with E-state index in [-0.39, 0.29) is 63.9 Å². The Morgan fingerprint density at radius 2 is 2.27 bits per heavy atom. The minimum Gasteiger partial charge on any atom is -0.550 e. The third kappa shape index (κ3) is 5.29. The number of carbonyl (C=O) groups is 1. The second-order valence-corrected chi connectivity index (χ2v) is 2.14. The van der Waals surface area contributed by atoms with Crippen LogP contribution in [0.5, 0.6) is 0 Å². The molecular formula is C6H9KO4. The maximum Gasteiger partial charge on any atom is 1.00 e. The average molecular weight is 184 g/mol. The van der Waals surface area contributed by atoms with Crippen LogP contribution in [0.15, 0.2) is 0 Å². The molecule has 0 aromatic carbocycles. The smallest absolute Gasteiger partial charge is 0.550 e. The van der Waals surface area contributed by atoms with Crippen molar-refractivity contribution >= 4 is 5.97 Å². The maximum atomic E-state index is 10.0. The van der Waals surface area contributed by atoms with Gasteiger partial charge < -0.3 is 19.4 Å². The molecule has 5 heteroatoms. The van der Waals surface area contributed by atoms with E-state index < -0.39 is 5.97 Å². The zero-order valence-electron chi connectivity index (χ0n) is 6.54. The number of aliphatic carboxylic acids is 1. The molecule has 0 radical (unpaired) electrons.